The zero-order valence-corrected chi connectivity index (χ0v) is 15.1. The number of aliphatic imine (C=N–C) groups is 1. The highest BCUT2D eigenvalue weighted by atomic mass is 79.9. The zero-order valence-electron chi connectivity index (χ0n) is 13.5. The van der Waals surface area contributed by atoms with E-state index in [1.807, 2.05) is 0 Å². The van der Waals surface area contributed by atoms with Gasteiger partial charge in [0, 0.05) is 5.56 Å². The molecule has 1 aliphatic rings. The van der Waals surface area contributed by atoms with E-state index in [2.05, 4.69) is 40.8 Å². The molecule has 2 rings (SSSR count). The molecule has 1 saturated carbocycles. The minimum absolute atomic E-state index is 0.287. The van der Waals surface area contributed by atoms with Gasteiger partial charge in [0.15, 0.2) is 0 Å². The average Bonchev–Trinajstić information content (AvgIpc) is 2.96. The first-order valence-electron chi connectivity index (χ1n) is 7.54. The molecule has 4 nitrogen and oxygen atoms in total. The van der Waals surface area contributed by atoms with Crippen molar-refractivity contribution in [1.29, 1.82) is 0 Å². The van der Waals surface area contributed by atoms with E-state index in [0.717, 1.165) is 47.0 Å². The summed E-state index contributed by atoms with van der Waals surface area (Å²) in [6.45, 7) is 4.23. The van der Waals surface area contributed by atoms with Crippen LogP contribution in [0.5, 0.6) is 11.5 Å². The van der Waals surface area contributed by atoms with Crippen molar-refractivity contribution in [2.24, 2.45) is 4.99 Å². The standard InChI is InChI=1S/C17H22BrNO3/c1-11(2)12-9-13(16(22-4)14(18)15(12)21-3)17(19-10-20)7-5-6-8-17/h9,11H,5-8H2,1-4H3. The van der Waals surface area contributed by atoms with Crippen molar-refractivity contribution >= 4 is 22.0 Å². The molecule has 0 atom stereocenters. The molecule has 0 saturated heterocycles. The molecule has 1 aromatic rings. The molecular formula is C17H22BrNO3. The van der Waals surface area contributed by atoms with Gasteiger partial charge in [0.05, 0.1) is 14.2 Å². The van der Waals surface area contributed by atoms with Gasteiger partial charge in [0.2, 0.25) is 6.08 Å². The van der Waals surface area contributed by atoms with Crippen molar-refractivity contribution in [1.82, 2.24) is 0 Å². The molecule has 120 valence electrons. The Morgan fingerprint density at radius 2 is 1.82 bits per heavy atom. The van der Waals surface area contributed by atoms with Gasteiger partial charge >= 0.3 is 0 Å². The van der Waals surface area contributed by atoms with E-state index in [4.69, 9.17) is 9.47 Å². The first kappa shape index (κ1) is 17.0. The van der Waals surface area contributed by atoms with Crippen LogP contribution in [0.25, 0.3) is 0 Å². The summed E-state index contributed by atoms with van der Waals surface area (Å²) in [4.78, 5) is 15.2. The predicted octanol–water partition coefficient (Wildman–Crippen LogP) is 4.69. The third-order valence-corrected chi connectivity index (χ3v) is 5.15. The Kier molecular flexibility index (Phi) is 5.30. The Labute approximate surface area is 140 Å². The quantitative estimate of drug-likeness (QED) is 0.559. The number of ether oxygens (including phenoxy) is 2. The smallest absolute Gasteiger partial charge is 0.235 e. The van der Waals surface area contributed by atoms with Gasteiger partial charge < -0.3 is 9.47 Å². The van der Waals surface area contributed by atoms with E-state index in [0.29, 0.717) is 5.75 Å². The number of hydrogen-bond acceptors (Lipinski definition) is 4. The van der Waals surface area contributed by atoms with Crippen LogP contribution >= 0.6 is 15.9 Å². The lowest BCUT2D eigenvalue weighted by atomic mass is 9.85. The monoisotopic (exact) mass is 367 g/mol. The van der Waals surface area contributed by atoms with Gasteiger partial charge in [-0.15, -0.1) is 0 Å². The number of isocyanates is 1. The molecule has 0 N–H and O–H groups in total. The van der Waals surface area contributed by atoms with Crippen molar-refractivity contribution in [3.05, 3.63) is 21.7 Å². The van der Waals surface area contributed by atoms with Gasteiger partial charge in [0.25, 0.3) is 0 Å². The second kappa shape index (κ2) is 6.84. The lowest BCUT2D eigenvalue weighted by Gasteiger charge is -2.28. The second-order valence-electron chi connectivity index (χ2n) is 5.99. The summed E-state index contributed by atoms with van der Waals surface area (Å²) in [5.41, 5.74) is 1.51. The molecule has 1 aromatic carbocycles. The van der Waals surface area contributed by atoms with Crippen LogP contribution in [0.3, 0.4) is 0 Å². The summed E-state index contributed by atoms with van der Waals surface area (Å²) in [5.74, 6) is 1.76. The van der Waals surface area contributed by atoms with Crippen molar-refractivity contribution in [2.75, 3.05) is 14.2 Å². The highest BCUT2D eigenvalue weighted by molar-refractivity contribution is 9.10. The molecule has 1 fully saturated rings. The number of rotatable bonds is 5. The molecule has 5 heteroatoms. The Morgan fingerprint density at radius 1 is 1.23 bits per heavy atom. The third-order valence-electron chi connectivity index (χ3n) is 4.43. The second-order valence-corrected chi connectivity index (χ2v) is 6.78. The molecular weight excluding hydrogens is 346 g/mol. The summed E-state index contributed by atoms with van der Waals surface area (Å²) in [6.07, 6.45) is 5.56. The Hall–Kier alpha value is -1.32. The minimum Gasteiger partial charge on any atom is -0.495 e. The molecule has 22 heavy (non-hydrogen) atoms. The summed E-state index contributed by atoms with van der Waals surface area (Å²) >= 11 is 3.60. The number of methoxy groups -OCH3 is 2. The highest BCUT2D eigenvalue weighted by Gasteiger charge is 2.40. The molecule has 0 heterocycles. The molecule has 0 bridgehead atoms. The van der Waals surface area contributed by atoms with Crippen molar-refractivity contribution in [3.63, 3.8) is 0 Å². The number of benzene rings is 1. The van der Waals surface area contributed by atoms with Crippen LogP contribution in [0, 0.1) is 0 Å². The fourth-order valence-electron chi connectivity index (χ4n) is 3.30. The number of nitrogens with zero attached hydrogens (tertiary/aromatic N) is 1. The number of carbonyl (C=O) groups excluding carboxylic acids is 1. The van der Waals surface area contributed by atoms with Crippen LogP contribution in [0.2, 0.25) is 0 Å². The van der Waals surface area contributed by atoms with E-state index in [9.17, 15) is 4.79 Å². The largest absolute Gasteiger partial charge is 0.495 e. The van der Waals surface area contributed by atoms with Gasteiger partial charge in [-0.3, -0.25) is 0 Å². The summed E-state index contributed by atoms with van der Waals surface area (Å²) in [6, 6.07) is 2.08. The Balaban J connectivity index is 2.76. The van der Waals surface area contributed by atoms with Crippen LogP contribution in [0.1, 0.15) is 56.6 Å². The Bertz CT molecular complexity index is 600. The molecule has 0 amide bonds. The summed E-state index contributed by atoms with van der Waals surface area (Å²) in [7, 11) is 3.28. The topological polar surface area (TPSA) is 47.9 Å². The molecule has 0 aliphatic heterocycles. The maximum absolute atomic E-state index is 11.0. The van der Waals surface area contributed by atoms with Crippen LogP contribution in [-0.2, 0) is 10.3 Å². The third kappa shape index (κ3) is 2.80. The predicted molar refractivity (Wildman–Crippen MR) is 89.6 cm³/mol. The van der Waals surface area contributed by atoms with E-state index in [-0.39, 0.29) is 5.92 Å². The average molecular weight is 368 g/mol. The maximum Gasteiger partial charge on any atom is 0.235 e. The van der Waals surface area contributed by atoms with Gasteiger partial charge in [-0.1, -0.05) is 26.7 Å². The SMILES string of the molecule is COc1c(C(C)C)cc(C2(N=C=O)CCCC2)c(OC)c1Br. The van der Waals surface area contributed by atoms with Gasteiger partial charge in [-0.05, 0) is 46.3 Å². The molecule has 0 unspecified atom stereocenters. The summed E-state index contributed by atoms with van der Waals surface area (Å²) < 4.78 is 12.0. The van der Waals surface area contributed by atoms with Crippen molar-refractivity contribution in [3.8, 4) is 11.5 Å². The molecule has 0 aromatic heterocycles. The Morgan fingerprint density at radius 3 is 2.27 bits per heavy atom. The molecule has 1 aliphatic carbocycles. The van der Waals surface area contributed by atoms with E-state index < -0.39 is 5.54 Å². The van der Waals surface area contributed by atoms with E-state index in [1.165, 1.54) is 0 Å². The van der Waals surface area contributed by atoms with Gasteiger partial charge in [0.1, 0.15) is 21.5 Å². The van der Waals surface area contributed by atoms with Crippen LogP contribution in [0.4, 0.5) is 0 Å². The molecule has 0 radical (unpaired) electrons. The van der Waals surface area contributed by atoms with Crippen molar-refractivity contribution in [2.45, 2.75) is 51.0 Å². The first-order chi connectivity index (χ1) is 10.5. The number of halogens is 1. The minimum atomic E-state index is -0.522. The summed E-state index contributed by atoms with van der Waals surface area (Å²) in [5, 5.41) is 0. The lowest BCUT2D eigenvalue weighted by molar-refractivity contribution is 0.363. The maximum atomic E-state index is 11.0. The number of hydrogen-bond donors (Lipinski definition) is 0. The fourth-order valence-corrected chi connectivity index (χ4v) is 4.07. The highest BCUT2D eigenvalue weighted by Crippen LogP contribution is 2.51. The zero-order chi connectivity index (χ0) is 16.3. The van der Waals surface area contributed by atoms with Gasteiger partial charge in [-0.25, -0.2) is 4.79 Å². The van der Waals surface area contributed by atoms with E-state index in [1.54, 1.807) is 20.3 Å². The van der Waals surface area contributed by atoms with E-state index >= 15 is 0 Å². The van der Waals surface area contributed by atoms with Crippen molar-refractivity contribution < 1.29 is 14.3 Å². The van der Waals surface area contributed by atoms with Crippen LogP contribution in [-0.4, -0.2) is 20.3 Å². The fraction of sp³-hybridized carbons (Fsp3) is 0.588. The first-order valence-corrected chi connectivity index (χ1v) is 8.34. The van der Waals surface area contributed by atoms with Crippen LogP contribution in [0.15, 0.2) is 15.5 Å². The molecule has 0 spiro atoms. The van der Waals surface area contributed by atoms with Crippen LogP contribution < -0.4 is 9.47 Å². The lowest BCUT2D eigenvalue weighted by Crippen LogP contribution is -2.21. The normalized spacial score (nSPS) is 16.5. The van der Waals surface area contributed by atoms with Gasteiger partial charge in [-0.2, -0.15) is 4.99 Å².